The largest absolute Gasteiger partial charge is 0.443 e. The van der Waals surface area contributed by atoms with Crippen molar-refractivity contribution in [2.45, 2.75) is 39.7 Å². The average molecular weight is 251 g/mol. The van der Waals surface area contributed by atoms with Crippen LogP contribution in [0, 0.1) is 0 Å². The van der Waals surface area contributed by atoms with Gasteiger partial charge in [0.25, 0.3) is 0 Å². The highest BCUT2D eigenvalue weighted by molar-refractivity contribution is 7.90. The minimum Gasteiger partial charge on any atom is -0.443 e. The van der Waals surface area contributed by atoms with E-state index in [2.05, 4.69) is 0 Å². The van der Waals surface area contributed by atoms with Crippen LogP contribution in [0.2, 0.25) is 0 Å². The Morgan fingerprint density at radius 3 is 2.12 bits per heavy atom. The number of sulfonamides is 1. The van der Waals surface area contributed by atoms with E-state index in [1.54, 1.807) is 25.5 Å². The molecule has 0 aliphatic rings. The molecule has 0 aromatic heterocycles. The summed E-state index contributed by atoms with van der Waals surface area (Å²) in [4.78, 5) is 21.7. The fraction of sp³-hybridized carbons (Fsp3) is 0.778. The predicted molar refractivity (Wildman–Crippen MR) is 58.5 cm³/mol. The fourth-order valence-corrected chi connectivity index (χ4v) is 1.71. The van der Waals surface area contributed by atoms with Crippen LogP contribution in [0.25, 0.3) is 0 Å². The number of ether oxygens (including phenoxy) is 1. The van der Waals surface area contributed by atoms with Gasteiger partial charge in [0.2, 0.25) is 10.0 Å². The summed E-state index contributed by atoms with van der Waals surface area (Å²) in [6.45, 7) is 6.14. The first-order valence-corrected chi connectivity index (χ1v) is 6.40. The lowest BCUT2D eigenvalue weighted by atomic mass is 10.2. The lowest BCUT2D eigenvalue weighted by Gasteiger charge is -2.19. The number of carbonyl (C=O) groups excluding carboxylic acids is 2. The van der Waals surface area contributed by atoms with Gasteiger partial charge in [-0.05, 0) is 27.7 Å². The fourth-order valence-electron chi connectivity index (χ4n) is 0.755. The van der Waals surface area contributed by atoms with Gasteiger partial charge in [-0.3, -0.25) is 4.79 Å². The Morgan fingerprint density at radius 2 is 1.75 bits per heavy atom. The first-order chi connectivity index (χ1) is 7.02. The molecule has 7 heteroatoms. The van der Waals surface area contributed by atoms with Crippen molar-refractivity contribution in [2.24, 2.45) is 0 Å². The van der Waals surface area contributed by atoms with E-state index < -0.39 is 27.5 Å². The molecule has 0 saturated heterocycles. The van der Waals surface area contributed by atoms with Gasteiger partial charge in [-0.2, -0.15) is 0 Å². The first kappa shape index (κ1) is 14.9. The second-order valence-electron chi connectivity index (χ2n) is 4.37. The van der Waals surface area contributed by atoms with Crippen LogP contribution in [-0.2, 0) is 19.6 Å². The maximum atomic E-state index is 11.3. The quantitative estimate of drug-likeness (QED) is 0.799. The SMILES string of the molecule is CC(=O)CCS(=O)(=O)NC(=O)OC(C)(C)C. The van der Waals surface area contributed by atoms with Gasteiger partial charge in [0.1, 0.15) is 11.4 Å². The van der Waals surface area contributed by atoms with Crippen LogP contribution in [0.15, 0.2) is 0 Å². The molecule has 0 atom stereocenters. The number of ketones is 1. The molecule has 0 fully saturated rings. The number of rotatable bonds is 4. The Bertz CT molecular complexity index is 366. The number of hydrogen-bond acceptors (Lipinski definition) is 5. The standard InChI is InChI=1S/C9H17NO5S/c1-7(11)5-6-16(13,14)10-8(12)15-9(2,3)4/h5-6H2,1-4H3,(H,10,12). The Hall–Kier alpha value is -1.11. The molecule has 0 aliphatic heterocycles. The van der Waals surface area contributed by atoms with Gasteiger partial charge in [-0.25, -0.2) is 17.9 Å². The summed E-state index contributed by atoms with van der Waals surface area (Å²) >= 11 is 0. The molecule has 6 nitrogen and oxygen atoms in total. The Kier molecular flexibility index (Phi) is 4.92. The lowest BCUT2D eigenvalue weighted by molar-refractivity contribution is -0.116. The molecule has 0 rings (SSSR count). The van der Waals surface area contributed by atoms with Gasteiger partial charge in [0, 0.05) is 6.42 Å². The van der Waals surface area contributed by atoms with E-state index in [0.29, 0.717) is 0 Å². The van der Waals surface area contributed by atoms with E-state index in [4.69, 9.17) is 4.74 Å². The van der Waals surface area contributed by atoms with E-state index in [-0.39, 0.29) is 12.2 Å². The van der Waals surface area contributed by atoms with Crippen molar-refractivity contribution in [2.75, 3.05) is 5.75 Å². The van der Waals surface area contributed by atoms with E-state index in [1.807, 2.05) is 0 Å². The molecular formula is C9H17NO5S. The van der Waals surface area contributed by atoms with Crippen molar-refractivity contribution >= 4 is 21.9 Å². The van der Waals surface area contributed by atoms with Crippen molar-refractivity contribution in [3.63, 3.8) is 0 Å². The van der Waals surface area contributed by atoms with Crippen molar-refractivity contribution in [3.8, 4) is 0 Å². The number of Topliss-reactive ketones (excluding diaryl/α,β-unsaturated/α-hetero) is 1. The molecule has 16 heavy (non-hydrogen) atoms. The molecule has 1 amide bonds. The summed E-state index contributed by atoms with van der Waals surface area (Å²) in [6, 6.07) is 0. The molecule has 0 heterocycles. The summed E-state index contributed by atoms with van der Waals surface area (Å²) in [5, 5.41) is 0. The van der Waals surface area contributed by atoms with Gasteiger partial charge >= 0.3 is 6.09 Å². The molecular weight excluding hydrogens is 234 g/mol. The van der Waals surface area contributed by atoms with Crippen LogP contribution < -0.4 is 4.72 Å². The molecule has 0 radical (unpaired) electrons. The van der Waals surface area contributed by atoms with E-state index in [9.17, 15) is 18.0 Å². The maximum Gasteiger partial charge on any atom is 0.421 e. The van der Waals surface area contributed by atoms with Crippen molar-refractivity contribution in [1.82, 2.24) is 4.72 Å². The summed E-state index contributed by atoms with van der Waals surface area (Å²) in [7, 11) is -3.79. The number of nitrogens with one attached hydrogen (secondary N) is 1. The molecule has 0 aromatic rings. The predicted octanol–water partition coefficient (Wildman–Crippen LogP) is 0.820. The van der Waals surface area contributed by atoms with Crippen LogP contribution in [0.3, 0.4) is 0 Å². The summed E-state index contributed by atoms with van der Waals surface area (Å²) in [6.07, 6.45) is -1.16. The third kappa shape index (κ3) is 8.22. The third-order valence-corrected chi connectivity index (χ3v) is 2.58. The maximum absolute atomic E-state index is 11.3. The average Bonchev–Trinajstić information content (AvgIpc) is 1.95. The van der Waals surface area contributed by atoms with Crippen LogP contribution in [0.5, 0.6) is 0 Å². The minimum atomic E-state index is -3.79. The summed E-state index contributed by atoms with van der Waals surface area (Å²) in [5.41, 5.74) is -0.764. The Labute approximate surface area is 95.4 Å². The summed E-state index contributed by atoms with van der Waals surface area (Å²) in [5.74, 6) is -0.670. The highest BCUT2D eigenvalue weighted by Gasteiger charge is 2.21. The van der Waals surface area contributed by atoms with E-state index in [0.717, 1.165) is 0 Å². The lowest BCUT2D eigenvalue weighted by Crippen LogP contribution is -2.37. The van der Waals surface area contributed by atoms with Gasteiger partial charge in [0.15, 0.2) is 0 Å². The van der Waals surface area contributed by atoms with Crippen molar-refractivity contribution < 1.29 is 22.7 Å². The molecule has 1 N–H and O–H groups in total. The second kappa shape index (κ2) is 5.29. The van der Waals surface area contributed by atoms with Crippen LogP contribution in [-0.4, -0.2) is 31.6 Å². The van der Waals surface area contributed by atoms with E-state index >= 15 is 0 Å². The first-order valence-electron chi connectivity index (χ1n) is 4.75. The van der Waals surface area contributed by atoms with Gasteiger partial charge in [-0.1, -0.05) is 0 Å². The second-order valence-corrected chi connectivity index (χ2v) is 6.22. The Morgan fingerprint density at radius 1 is 1.25 bits per heavy atom. The third-order valence-electron chi connectivity index (χ3n) is 1.36. The van der Waals surface area contributed by atoms with Crippen LogP contribution in [0.4, 0.5) is 4.79 Å². The zero-order valence-electron chi connectivity index (χ0n) is 9.86. The smallest absolute Gasteiger partial charge is 0.421 e. The monoisotopic (exact) mass is 251 g/mol. The normalized spacial score (nSPS) is 12.0. The molecule has 0 aromatic carbocycles. The van der Waals surface area contributed by atoms with Crippen molar-refractivity contribution in [1.29, 1.82) is 0 Å². The number of hydrogen-bond donors (Lipinski definition) is 1. The van der Waals surface area contributed by atoms with E-state index in [1.165, 1.54) is 6.92 Å². The molecule has 0 bridgehead atoms. The molecule has 0 saturated carbocycles. The highest BCUT2D eigenvalue weighted by Crippen LogP contribution is 2.07. The topological polar surface area (TPSA) is 89.5 Å². The minimum absolute atomic E-state index is 0.127. The zero-order chi connectivity index (χ0) is 13.0. The number of carbonyl (C=O) groups is 2. The van der Waals surface area contributed by atoms with Gasteiger partial charge in [0.05, 0.1) is 5.75 Å². The molecule has 0 aliphatic carbocycles. The molecule has 0 spiro atoms. The zero-order valence-corrected chi connectivity index (χ0v) is 10.7. The molecule has 94 valence electrons. The molecule has 0 unspecified atom stereocenters. The van der Waals surface area contributed by atoms with Crippen molar-refractivity contribution in [3.05, 3.63) is 0 Å². The van der Waals surface area contributed by atoms with Crippen LogP contribution >= 0.6 is 0 Å². The van der Waals surface area contributed by atoms with Gasteiger partial charge < -0.3 is 4.74 Å². The Balaban J connectivity index is 4.27. The highest BCUT2D eigenvalue weighted by atomic mass is 32.2. The summed E-state index contributed by atoms with van der Waals surface area (Å²) < 4.78 is 29.0. The van der Waals surface area contributed by atoms with Crippen LogP contribution in [0.1, 0.15) is 34.1 Å². The number of amides is 1. The van der Waals surface area contributed by atoms with Gasteiger partial charge in [-0.15, -0.1) is 0 Å².